The molecule has 0 bridgehead atoms. The lowest BCUT2D eigenvalue weighted by Gasteiger charge is -2.24. The predicted octanol–water partition coefficient (Wildman–Crippen LogP) is 1.43. The molecule has 3 N–H and O–H groups in total. The van der Waals surface area contributed by atoms with Crippen LogP contribution < -0.4 is 10.9 Å². The first kappa shape index (κ1) is 18.0. The summed E-state index contributed by atoms with van der Waals surface area (Å²) in [5.74, 6) is -0.511. The van der Waals surface area contributed by atoms with Crippen LogP contribution in [-0.4, -0.2) is 44.3 Å². The molecule has 1 unspecified atom stereocenters. The van der Waals surface area contributed by atoms with E-state index in [2.05, 4.69) is 26.0 Å². The Morgan fingerprint density at radius 1 is 1.35 bits per heavy atom. The zero-order chi connectivity index (χ0) is 18.5. The Balaban J connectivity index is 1.67. The lowest BCUT2D eigenvalue weighted by Crippen LogP contribution is -2.43. The summed E-state index contributed by atoms with van der Waals surface area (Å²) in [6.07, 6.45) is 4.20. The Hall–Kier alpha value is -2.81. The molecule has 1 aromatic carbocycles. The number of carbonyl (C=O) groups is 2. The highest BCUT2D eigenvalue weighted by atomic mass is 16.5. The monoisotopic (exact) mass is 358 g/mol. The van der Waals surface area contributed by atoms with Crippen molar-refractivity contribution >= 4 is 29.3 Å². The highest BCUT2D eigenvalue weighted by Gasteiger charge is 2.32. The number of amides is 2. The number of nitrogens with zero attached hydrogens (tertiary/aromatic N) is 4. The van der Waals surface area contributed by atoms with E-state index in [0.717, 1.165) is 31.2 Å². The number of fused-ring (bicyclic) bond motifs is 1. The van der Waals surface area contributed by atoms with E-state index in [1.165, 1.54) is 0 Å². The molecule has 9 heteroatoms. The van der Waals surface area contributed by atoms with Crippen molar-refractivity contribution in [2.45, 2.75) is 32.6 Å². The maximum atomic E-state index is 12.6. The first-order chi connectivity index (χ1) is 12.6. The number of hydrogen-bond donors (Lipinski definition) is 3. The minimum atomic E-state index is -0.503. The number of anilines is 1. The fourth-order valence-corrected chi connectivity index (χ4v) is 3.36. The SMILES string of the molecule is Cc1ccc2nc(NNC(=O)C(CN(O)C=O)C3CCCC3)nnc2c1. The zero-order valence-corrected chi connectivity index (χ0v) is 14.6. The molecular weight excluding hydrogens is 336 g/mol. The fourth-order valence-electron chi connectivity index (χ4n) is 3.36. The van der Waals surface area contributed by atoms with Crippen LogP contribution >= 0.6 is 0 Å². The van der Waals surface area contributed by atoms with Crippen LogP contribution in [0.4, 0.5) is 5.95 Å². The Labute approximate surface area is 150 Å². The number of aryl methyl sites for hydroxylation is 1. The molecule has 1 atom stereocenters. The van der Waals surface area contributed by atoms with Crippen molar-refractivity contribution in [1.82, 2.24) is 25.7 Å². The van der Waals surface area contributed by atoms with E-state index in [9.17, 15) is 14.8 Å². The summed E-state index contributed by atoms with van der Waals surface area (Å²) in [4.78, 5) is 27.6. The van der Waals surface area contributed by atoms with E-state index in [4.69, 9.17) is 0 Å². The van der Waals surface area contributed by atoms with Crippen molar-refractivity contribution in [3.63, 3.8) is 0 Å². The average molecular weight is 358 g/mol. The third-order valence-electron chi connectivity index (χ3n) is 4.72. The molecule has 2 amide bonds. The van der Waals surface area contributed by atoms with Gasteiger partial charge in [-0.15, -0.1) is 10.2 Å². The first-order valence-electron chi connectivity index (χ1n) is 8.64. The van der Waals surface area contributed by atoms with E-state index in [0.29, 0.717) is 22.5 Å². The molecular formula is C17H22N6O3. The normalized spacial score (nSPS) is 15.6. The van der Waals surface area contributed by atoms with Gasteiger partial charge < -0.3 is 0 Å². The topological polar surface area (TPSA) is 120 Å². The summed E-state index contributed by atoms with van der Waals surface area (Å²) in [7, 11) is 0. The maximum absolute atomic E-state index is 12.6. The van der Waals surface area contributed by atoms with Crippen molar-refractivity contribution in [3.05, 3.63) is 23.8 Å². The van der Waals surface area contributed by atoms with Crippen LogP contribution in [0.25, 0.3) is 11.0 Å². The number of nitrogens with one attached hydrogen (secondary N) is 2. The van der Waals surface area contributed by atoms with Gasteiger partial charge in [-0.05, 0) is 43.4 Å². The second kappa shape index (κ2) is 8.05. The molecule has 0 spiro atoms. The molecule has 0 aliphatic heterocycles. The highest BCUT2D eigenvalue weighted by molar-refractivity contribution is 5.81. The molecule has 9 nitrogen and oxygen atoms in total. The Morgan fingerprint density at radius 3 is 2.85 bits per heavy atom. The summed E-state index contributed by atoms with van der Waals surface area (Å²) < 4.78 is 0. The number of aromatic nitrogens is 3. The van der Waals surface area contributed by atoms with Gasteiger partial charge in [-0.1, -0.05) is 18.9 Å². The summed E-state index contributed by atoms with van der Waals surface area (Å²) >= 11 is 0. The smallest absolute Gasteiger partial charge is 0.262 e. The minimum absolute atomic E-state index is 0.0439. The average Bonchev–Trinajstić information content (AvgIpc) is 3.18. The Morgan fingerprint density at radius 2 is 2.12 bits per heavy atom. The summed E-state index contributed by atoms with van der Waals surface area (Å²) in [5, 5.41) is 18.0. The Bertz CT molecular complexity index is 793. The van der Waals surface area contributed by atoms with Gasteiger partial charge in [0, 0.05) is 0 Å². The molecule has 3 rings (SSSR count). The van der Waals surface area contributed by atoms with E-state index in [1.54, 1.807) is 0 Å². The van der Waals surface area contributed by atoms with Crippen LogP contribution in [0.15, 0.2) is 18.2 Å². The van der Waals surface area contributed by atoms with Crippen molar-refractivity contribution in [2.75, 3.05) is 12.0 Å². The third-order valence-corrected chi connectivity index (χ3v) is 4.72. The maximum Gasteiger partial charge on any atom is 0.262 e. The summed E-state index contributed by atoms with van der Waals surface area (Å²) in [6, 6.07) is 5.63. The zero-order valence-electron chi connectivity index (χ0n) is 14.6. The summed E-state index contributed by atoms with van der Waals surface area (Å²) in [6.45, 7) is 1.91. The molecule has 1 heterocycles. The van der Waals surface area contributed by atoms with Gasteiger partial charge in [-0.3, -0.25) is 25.6 Å². The standard InChI is InChI=1S/C17H22N6O3/c1-11-6-7-14-15(8-11)19-21-17(18-14)22-20-16(25)13(9-23(26)10-24)12-4-2-3-5-12/h6-8,10,12-13,26H,2-5,9H2,1H3,(H,20,25)(H,18,21,22). The van der Waals surface area contributed by atoms with Crippen molar-refractivity contribution in [2.24, 2.45) is 11.8 Å². The van der Waals surface area contributed by atoms with Gasteiger partial charge in [0.15, 0.2) is 0 Å². The number of rotatable bonds is 7. The largest absolute Gasteiger partial charge is 0.286 e. The minimum Gasteiger partial charge on any atom is -0.286 e. The third kappa shape index (κ3) is 4.23. The van der Waals surface area contributed by atoms with Gasteiger partial charge in [0.2, 0.25) is 12.3 Å². The van der Waals surface area contributed by atoms with Gasteiger partial charge in [0.25, 0.3) is 5.95 Å². The summed E-state index contributed by atoms with van der Waals surface area (Å²) in [5.41, 5.74) is 7.65. The van der Waals surface area contributed by atoms with Gasteiger partial charge in [-0.25, -0.2) is 10.0 Å². The second-order valence-corrected chi connectivity index (χ2v) is 6.62. The van der Waals surface area contributed by atoms with Gasteiger partial charge >= 0.3 is 0 Å². The lowest BCUT2D eigenvalue weighted by atomic mass is 9.90. The molecule has 1 aromatic heterocycles. The van der Waals surface area contributed by atoms with E-state index < -0.39 is 5.92 Å². The number of hydrogen-bond acceptors (Lipinski definition) is 7. The number of carbonyl (C=O) groups excluding carboxylic acids is 2. The molecule has 1 fully saturated rings. The second-order valence-electron chi connectivity index (χ2n) is 6.62. The van der Waals surface area contributed by atoms with Crippen LogP contribution in [0, 0.1) is 18.8 Å². The van der Waals surface area contributed by atoms with E-state index >= 15 is 0 Å². The highest BCUT2D eigenvalue weighted by Crippen LogP contribution is 2.31. The van der Waals surface area contributed by atoms with Crippen LogP contribution in [0.3, 0.4) is 0 Å². The fraction of sp³-hybridized carbons (Fsp3) is 0.471. The van der Waals surface area contributed by atoms with Crippen molar-refractivity contribution in [1.29, 1.82) is 0 Å². The number of benzene rings is 1. The first-order valence-corrected chi connectivity index (χ1v) is 8.64. The Kier molecular flexibility index (Phi) is 5.57. The van der Waals surface area contributed by atoms with Crippen LogP contribution in [0.2, 0.25) is 0 Å². The molecule has 0 saturated heterocycles. The van der Waals surface area contributed by atoms with Crippen LogP contribution in [0.1, 0.15) is 31.2 Å². The van der Waals surface area contributed by atoms with Crippen LogP contribution in [-0.2, 0) is 9.59 Å². The quantitative estimate of drug-likeness (QED) is 0.389. The lowest BCUT2D eigenvalue weighted by molar-refractivity contribution is -0.156. The van der Waals surface area contributed by atoms with Gasteiger partial charge in [0.05, 0.1) is 18.0 Å². The predicted molar refractivity (Wildman–Crippen MR) is 93.8 cm³/mol. The molecule has 2 aromatic rings. The molecule has 1 saturated carbocycles. The van der Waals surface area contributed by atoms with E-state index in [-0.39, 0.29) is 24.3 Å². The molecule has 138 valence electrons. The van der Waals surface area contributed by atoms with Crippen molar-refractivity contribution in [3.8, 4) is 0 Å². The van der Waals surface area contributed by atoms with Crippen LogP contribution in [0.5, 0.6) is 0 Å². The molecule has 0 radical (unpaired) electrons. The molecule has 26 heavy (non-hydrogen) atoms. The number of hydroxylamine groups is 2. The molecule has 1 aliphatic rings. The van der Waals surface area contributed by atoms with Gasteiger partial charge in [0.1, 0.15) is 5.52 Å². The molecule has 1 aliphatic carbocycles. The number of hydrazine groups is 1. The van der Waals surface area contributed by atoms with Gasteiger partial charge in [-0.2, -0.15) is 0 Å². The van der Waals surface area contributed by atoms with E-state index in [1.807, 2.05) is 25.1 Å². The van der Waals surface area contributed by atoms with Crippen molar-refractivity contribution < 1.29 is 14.8 Å².